The van der Waals surface area contributed by atoms with Crippen LogP contribution in [0.4, 0.5) is 0 Å². The van der Waals surface area contributed by atoms with Crippen molar-refractivity contribution in [3.63, 3.8) is 0 Å². The molecular formula is C20H21ClO4. The molecule has 132 valence electrons. The summed E-state index contributed by atoms with van der Waals surface area (Å²) in [6, 6.07) is 15.2. The summed E-state index contributed by atoms with van der Waals surface area (Å²) in [7, 11) is 0. The Kier molecular flexibility index (Phi) is 7.48. The molecule has 0 aliphatic rings. The van der Waals surface area contributed by atoms with E-state index < -0.39 is 18.0 Å². The van der Waals surface area contributed by atoms with Crippen molar-refractivity contribution in [1.29, 1.82) is 0 Å². The van der Waals surface area contributed by atoms with E-state index in [9.17, 15) is 9.59 Å². The summed E-state index contributed by atoms with van der Waals surface area (Å²) >= 11 is 5.90. The average molecular weight is 361 g/mol. The van der Waals surface area contributed by atoms with E-state index in [4.69, 9.17) is 21.1 Å². The molecule has 0 heterocycles. The van der Waals surface area contributed by atoms with Gasteiger partial charge in [0.2, 0.25) is 6.10 Å². The second-order valence-corrected chi connectivity index (χ2v) is 6.02. The molecule has 5 heteroatoms. The van der Waals surface area contributed by atoms with Crippen LogP contribution >= 0.6 is 11.6 Å². The highest BCUT2D eigenvalue weighted by atomic mass is 35.5. The Labute approximate surface area is 152 Å². The number of unbranched alkanes of at least 4 members (excludes halogenated alkanes) is 2. The van der Waals surface area contributed by atoms with E-state index in [-0.39, 0.29) is 5.56 Å². The van der Waals surface area contributed by atoms with Crippen LogP contribution in [0.5, 0.6) is 0 Å². The topological polar surface area (TPSA) is 52.6 Å². The zero-order valence-corrected chi connectivity index (χ0v) is 14.9. The highest BCUT2D eigenvalue weighted by Crippen LogP contribution is 2.22. The number of rotatable bonds is 8. The second-order valence-electron chi connectivity index (χ2n) is 5.58. The first-order chi connectivity index (χ1) is 12.1. The lowest BCUT2D eigenvalue weighted by atomic mass is 10.1. The van der Waals surface area contributed by atoms with Gasteiger partial charge in [-0.25, -0.2) is 9.59 Å². The summed E-state index contributed by atoms with van der Waals surface area (Å²) in [6.45, 7) is 2.38. The molecule has 2 aromatic rings. The van der Waals surface area contributed by atoms with Gasteiger partial charge < -0.3 is 9.47 Å². The third kappa shape index (κ3) is 5.91. The molecule has 0 aliphatic carbocycles. The Balaban J connectivity index is 2.12. The molecular weight excluding hydrogens is 340 g/mol. The van der Waals surface area contributed by atoms with Crippen molar-refractivity contribution in [3.05, 3.63) is 70.7 Å². The monoisotopic (exact) mass is 360 g/mol. The van der Waals surface area contributed by atoms with Crippen molar-refractivity contribution in [3.8, 4) is 0 Å². The van der Waals surface area contributed by atoms with Gasteiger partial charge in [-0.2, -0.15) is 0 Å². The van der Waals surface area contributed by atoms with Crippen LogP contribution < -0.4 is 0 Å². The molecule has 1 unspecified atom stereocenters. The highest BCUT2D eigenvalue weighted by Gasteiger charge is 2.27. The molecule has 0 aromatic heterocycles. The van der Waals surface area contributed by atoms with Crippen LogP contribution in [0.15, 0.2) is 54.6 Å². The van der Waals surface area contributed by atoms with E-state index in [2.05, 4.69) is 6.92 Å². The molecule has 2 aromatic carbocycles. The van der Waals surface area contributed by atoms with Gasteiger partial charge in [-0.15, -0.1) is 0 Å². The number of esters is 2. The minimum Gasteiger partial charge on any atom is -0.463 e. The second kappa shape index (κ2) is 9.84. The number of ether oxygens (including phenoxy) is 2. The van der Waals surface area contributed by atoms with Crippen LogP contribution in [-0.4, -0.2) is 18.5 Å². The summed E-state index contributed by atoms with van der Waals surface area (Å²) in [5.41, 5.74) is 0.852. The molecule has 2 rings (SSSR count). The fourth-order valence-corrected chi connectivity index (χ4v) is 2.46. The average Bonchev–Trinajstić information content (AvgIpc) is 2.63. The van der Waals surface area contributed by atoms with Crippen LogP contribution in [0.2, 0.25) is 5.02 Å². The van der Waals surface area contributed by atoms with Gasteiger partial charge in [-0.3, -0.25) is 0 Å². The van der Waals surface area contributed by atoms with Gasteiger partial charge in [0.15, 0.2) is 0 Å². The first kappa shape index (κ1) is 19.0. The van der Waals surface area contributed by atoms with Gasteiger partial charge in [0.25, 0.3) is 0 Å². The van der Waals surface area contributed by atoms with Crippen molar-refractivity contribution < 1.29 is 19.1 Å². The summed E-state index contributed by atoms with van der Waals surface area (Å²) in [5, 5.41) is 0.424. The van der Waals surface area contributed by atoms with Crippen LogP contribution in [0, 0.1) is 0 Å². The molecule has 25 heavy (non-hydrogen) atoms. The Bertz CT molecular complexity index is 700. The summed E-state index contributed by atoms with van der Waals surface area (Å²) in [5.74, 6) is -1.19. The zero-order valence-electron chi connectivity index (χ0n) is 14.1. The van der Waals surface area contributed by atoms with Crippen LogP contribution in [-0.2, 0) is 14.3 Å². The Morgan fingerprint density at radius 2 is 1.80 bits per heavy atom. The smallest absolute Gasteiger partial charge is 0.352 e. The lowest BCUT2D eigenvalue weighted by Crippen LogP contribution is -2.22. The molecule has 0 spiro atoms. The van der Waals surface area contributed by atoms with Crippen LogP contribution in [0.1, 0.15) is 48.2 Å². The van der Waals surface area contributed by atoms with Gasteiger partial charge in [-0.05, 0) is 24.6 Å². The fourth-order valence-electron chi connectivity index (χ4n) is 2.27. The van der Waals surface area contributed by atoms with Gasteiger partial charge in [0.05, 0.1) is 12.2 Å². The summed E-state index contributed by atoms with van der Waals surface area (Å²) in [6.07, 6.45) is 1.69. The van der Waals surface area contributed by atoms with Crippen LogP contribution in [0.25, 0.3) is 0 Å². The predicted molar refractivity (Wildman–Crippen MR) is 96.5 cm³/mol. The zero-order chi connectivity index (χ0) is 18.1. The molecule has 0 bridgehead atoms. The molecule has 0 aliphatic heterocycles. The number of benzene rings is 2. The maximum atomic E-state index is 12.4. The number of hydrogen-bond acceptors (Lipinski definition) is 4. The third-order valence-electron chi connectivity index (χ3n) is 3.59. The van der Waals surface area contributed by atoms with Crippen molar-refractivity contribution in [2.45, 2.75) is 32.3 Å². The fraction of sp³-hybridized carbons (Fsp3) is 0.300. The molecule has 0 radical (unpaired) electrons. The van der Waals surface area contributed by atoms with Crippen LogP contribution in [0.3, 0.4) is 0 Å². The maximum absolute atomic E-state index is 12.4. The molecule has 1 atom stereocenters. The Morgan fingerprint density at radius 1 is 1.04 bits per heavy atom. The van der Waals surface area contributed by atoms with Gasteiger partial charge in [-0.1, -0.05) is 67.8 Å². The summed E-state index contributed by atoms with van der Waals surface area (Å²) < 4.78 is 10.7. The molecule has 4 nitrogen and oxygen atoms in total. The molecule has 0 N–H and O–H groups in total. The normalized spacial score (nSPS) is 11.6. The standard InChI is InChI=1S/C20H21ClO4/c1-2-3-7-13-24-20(23)18(15-9-5-4-6-10-15)25-19(22)16-11-8-12-17(21)14-16/h4-6,8-12,14,18H,2-3,7,13H2,1H3. The molecule has 0 fully saturated rings. The third-order valence-corrected chi connectivity index (χ3v) is 3.83. The molecule has 0 saturated heterocycles. The Hall–Kier alpha value is -2.33. The van der Waals surface area contributed by atoms with E-state index in [1.54, 1.807) is 42.5 Å². The lowest BCUT2D eigenvalue weighted by molar-refractivity contribution is -0.154. The van der Waals surface area contributed by atoms with Gasteiger partial charge in [0, 0.05) is 10.6 Å². The first-order valence-electron chi connectivity index (χ1n) is 8.30. The van der Waals surface area contributed by atoms with Crippen molar-refractivity contribution in [2.24, 2.45) is 0 Å². The van der Waals surface area contributed by atoms with Crippen molar-refractivity contribution in [1.82, 2.24) is 0 Å². The molecule has 0 amide bonds. The van der Waals surface area contributed by atoms with Gasteiger partial charge >= 0.3 is 11.9 Å². The van der Waals surface area contributed by atoms with E-state index in [1.807, 2.05) is 6.07 Å². The van der Waals surface area contributed by atoms with Crippen molar-refractivity contribution in [2.75, 3.05) is 6.61 Å². The number of carbonyl (C=O) groups excluding carboxylic acids is 2. The quantitative estimate of drug-likeness (QED) is 0.492. The lowest BCUT2D eigenvalue weighted by Gasteiger charge is -2.17. The number of hydrogen-bond donors (Lipinski definition) is 0. The van der Waals surface area contributed by atoms with Gasteiger partial charge in [0.1, 0.15) is 0 Å². The highest BCUT2D eigenvalue weighted by molar-refractivity contribution is 6.30. The minimum absolute atomic E-state index is 0.284. The SMILES string of the molecule is CCCCCOC(=O)C(OC(=O)c1cccc(Cl)c1)c1ccccc1. The minimum atomic E-state index is -1.10. The van der Waals surface area contributed by atoms with E-state index in [0.29, 0.717) is 17.2 Å². The number of carbonyl (C=O) groups is 2. The largest absolute Gasteiger partial charge is 0.463 e. The number of halogens is 1. The molecule has 0 saturated carbocycles. The maximum Gasteiger partial charge on any atom is 0.352 e. The Morgan fingerprint density at radius 3 is 2.48 bits per heavy atom. The van der Waals surface area contributed by atoms with E-state index in [0.717, 1.165) is 19.3 Å². The predicted octanol–water partition coefficient (Wildman–Crippen LogP) is 4.97. The van der Waals surface area contributed by atoms with Crippen molar-refractivity contribution >= 4 is 23.5 Å². The first-order valence-corrected chi connectivity index (χ1v) is 8.67. The van der Waals surface area contributed by atoms with E-state index >= 15 is 0 Å². The summed E-state index contributed by atoms with van der Waals surface area (Å²) in [4.78, 5) is 24.8. The van der Waals surface area contributed by atoms with E-state index in [1.165, 1.54) is 6.07 Å².